The van der Waals surface area contributed by atoms with E-state index in [4.69, 9.17) is 9.47 Å². The van der Waals surface area contributed by atoms with Crippen LogP contribution in [0.2, 0.25) is 0 Å². The van der Waals surface area contributed by atoms with Crippen molar-refractivity contribution >= 4 is 18.3 Å². The van der Waals surface area contributed by atoms with E-state index in [1.165, 1.54) is 0 Å². The maximum Gasteiger partial charge on any atom is 0.254 e. The van der Waals surface area contributed by atoms with Gasteiger partial charge in [0.05, 0.1) is 13.2 Å². The normalized spacial score (nSPS) is 22.5. The van der Waals surface area contributed by atoms with Gasteiger partial charge in [0, 0.05) is 24.2 Å². The number of rotatable bonds is 5. The SMILES string of the molecule is CCOc1ccc(C(=O)N2C3CCNCC2CC3)cc1OCC.Cl. The van der Waals surface area contributed by atoms with E-state index in [1.54, 1.807) is 0 Å². The Morgan fingerprint density at radius 2 is 1.83 bits per heavy atom. The van der Waals surface area contributed by atoms with Crippen LogP contribution in [-0.4, -0.2) is 49.2 Å². The molecule has 24 heavy (non-hydrogen) atoms. The van der Waals surface area contributed by atoms with Gasteiger partial charge in [-0.05, 0) is 57.9 Å². The fraction of sp³-hybridized carbons (Fsp3) is 0.611. The summed E-state index contributed by atoms with van der Waals surface area (Å²) in [5.41, 5.74) is 0.690. The van der Waals surface area contributed by atoms with Crippen molar-refractivity contribution in [2.75, 3.05) is 26.3 Å². The Morgan fingerprint density at radius 3 is 2.58 bits per heavy atom. The molecule has 2 unspecified atom stereocenters. The van der Waals surface area contributed by atoms with Crippen molar-refractivity contribution in [3.8, 4) is 11.5 Å². The second kappa shape index (κ2) is 8.58. The lowest BCUT2D eigenvalue weighted by Crippen LogP contribution is -2.42. The van der Waals surface area contributed by atoms with Crippen molar-refractivity contribution in [2.24, 2.45) is 0 Å². The Morgan fingerprint density at radius 1 is 1.12 bits per heavy atom. The van der Waals surface area contributed by atoms with Crippen LogP contribution in [0.5, 0.6) is 11.5 Å². The molecule has 134 valence electrons. The summed E-state index contributed by atoms with van der Waals surface area (Å²) in [7, 11) is 0. The number of hydrogen-bond donors (Lipinski definition) is 1. The van der Waals surface area contributed by atoms with Gasteiger partial charge in [0.2, 0.25) is 0 Å². The highest BCUT2D eigenvalue weighted by Crippen LogP contribution is 2.33. The third-order valence-electron chi connectivity index (χ3n) is 4.68. The Bertz CT molecular complexity index is 553. The van der Waals surface area contributed by atoms with Gasteiger partial charge >= 0.3 is 0 Å². The van der Waals surface area contributed by atoms with E-state index in [1.807, 2.05) is 32.0 Å². The number of fused-ring (bicyclic) bond motifs is 2. The first-order valence-electron chi connectivity index (χ1n) is 8.67. The quantitative estimate of drug-likeness (QED) is 0.883. The Labute approximate surface area is 150 Å². The number of nitrogens with one attached hydrogen (secondary N) is 1. The predicted octanol–water partition coefficient (Wildman–Crippen LogP) is 2.87. The Balaban J connectivity index is 0.00000208. The van der Waals surface area contributed by atoms with Gasteiger partial charge in [0.25, 0.3) is 5.91 Å². The van der Waals surface area contributed by atoms with E-state index >= 15 is 0 Å². The van der Waals surface area contributed by atoms with E-state index in [0.717, 1.165) is 32.4 Å². The second-order valence-corrected chi connectivity index (χ2v) is 6.12. The first kappa shape index (κ1) is 18.9. The monoisotopic (exact) mass is 354 g/mol. The molecule has 6 heteroatoms. The lowest BCUT2D eigenvalue weighted by molar-refractivity contribution is 0.0679. The molecule has 0 spiro atoms. The summed E-state index contributed by atoms with van der Waals surface area (Å²) in [5, 5.41) is 3.43. The molecule has 1 aromatic rings. The summed E-state index contributed by atoms with van der Waals surface area (Å²) >= 11 is 0. The standard InChI is InChI=1S/C18H26N2O3.ClH/c1-3-22-16-8-5-13(11-17(16)23-4-2)18(21)20-14-6-7-15(20)12-19-10-9-14;/h5,8,11,14-15,19H,3-4,6-7,9-10,12H2,1-2H3;1H. The molecule has 2 aliphatic heterocycles. The molecule has 0 saturated carbocycles. The molecule has 2 aliphatic rings. The highest BCUT2D eigenvalue weighted by molar-refractivity contribution is 5.95. The van der Waals surface area contributed by atoms with Crippen LogP contribution in [-0.2, 0) is 0 Å². The van der Waals surface area contributed by atoms with Crippen molar-refractivity contribution in [1.29, 1.82) is 0 Å². The van der Waals surface area contributed by atoms with E-state index in [9.17, 15) is 4.79 Å². The fourth-order valence-corrected chi connectivity index (χ4v) is 3.65. The molecule has 2 atom stereocenters. The summed E-state index contributed by atoms with van der Waals surface area (Å²) in [6, 6.07) is 6.21. The highest BCUT2D eigenvalue weighted by Gasteiger charge is 2.38. The molecule has 1 amide bonds. The van der Waals surface area contributed by atoms with E-state index in [-0.39, 0.29) is 18.3 Å². The molecule has 0 aromatic heterocycles. The summed E-state index contributed by atoms with van der Waals surface area (Å²) in [6.07, 6.45) is 3.25. The minimum absolute atomic E-state index is 0. The van der Waals surface area contributed by atoms with Crippen LogP contribution in [0.1, 0.15) is 43.5 Å². The maximum absolute atomic E-state index is 13.0. The van der Waals surface area contributed by atoms with Gasteiger partial charge in [-0.1, -0.05) is 0 Å². The van der Waals surface area contributed by atoms with Gasteiger partial charge in [-0.15, -0.1) is 12.4 Å². The molecule has 3 rings (SSSR count). The van der Waals surface area contributed by atoms with E-state index < -0.39 is 0 Å². The first-order valence-corrected chi connectivity index (χ1v) is 8.67. The maximum atomic E-state index is 13.0. The van der Waals surface area contributed by atoms with Crippen LogP contribution < -0.4 is 14.8 Å². The molecule has 1 aromatic carbocycles. The molecular formula is C18H27ClN2O3. The lowest BCUT2D eigenvalue weighted by atomic mass is 10.1. The van der Waals surface area contributed by atoms with Gasteiger partial charge < -0.3 is 19.7 Å². The average Bonchev–Trinajstić information content (AvgIpc) is 2.82. The molecule has 2 bridgehead atoms. The number of benzene rings is 1. The third kappa shape index (κ3) is 3.78. The number of carbonyl (C=O) groups excluding carboxylic acids is 1. The van der Waals surface area contributed by atoms with E-state index in [2.05, 4.69) is 10.2 Å². The summed E-state index contributed by atoms with van der Waals surface area (Å²) in [5.74, 6) is 1.47. The van der Waals surface area contributed by atoms with Crippen LogP contribution in [0.15, 0.2) is 18.2 Å². The van der Waals surface area contributed by atoms with Crippen LogP contribution >= 0.6 is 12.4 Å². The molecule has 0 aliphatic carbocycles. The zero-order valence-electron chi connectivity index (χ0n) is 14.4. The number of halogens is 1. The summed E-state index contributed by atoms with van der Waals surface area (Å²) in [6.45, 7) is 6.91. The zero-order valence-corrected chi connectivity index (χ0v) is 15.2. The van der Waals surface area contributed by atoms with Gasteiger partial charge in [0.1, 0.15) is 0 Å². The molecule has 5 nitrogen and oxygen atoms in total. The van der Waals surface area contributed by atoms with Gasteiger partial charge in [-0.2, -0.15) is 0 Å². The minimum Gasteiger partial charge on any atom is -0.490 e. The first-order chi connectivity index (χ1) is 11.2. The van der Waals surface area contributed by atoms with Crippen molar-refractivity contribution in [3.05, 3.63) is 23.8 Å². The molecule has 1 N–H and O–H groups in total. The average molecular weight is 355 g/mol. The van der Waals surface area contributed by atoms with Crippen molar-refractivity contribution < 1.29 is 14.3 Å². The highest BCUT2D eigenvalue weighted by atomic mass is 35.5. The number of ether oxygens (including phenoxy) is 2. The van der Waals surface area contributed by atoms with Gasteiger partial charge in [-0.3, -0.25) is 4.79 Å². The van der Waals surface area contributed by atoms with Crippen molar-refractivity contribution in [1.82, 2.24) is 10.2 Å². The van der Waals surface area contributed by atoms with E-state index in [0.29, 0.717) is 42.4 Å². The largest absolute Gasteiger partial charge is 0.490 e. The van der Waals surface area contributed by atoms with Gasteiger partial charge in [0.15, 0.2) is 11.5 Å². The number of nitrogens with zero attached hydrogens (tertiary/aromatic N) is 1. The molecular weight excluding hydrogens is 328 g/mol. The second-order valence-electron chi connectivity index (χ2n) is 6.12. The molecule has 2 fully saturated rings. The van der Waals surface area contributed by atoms with Crippen LogP contribution in [0, 0.1) is 0 Å². The Kier molecular flexibility index (Phi) is 6.75. The Hall–Kier alpha value is -1.46. The summed E-state index contributed by atoms with van der Waals surface area (Å²) in [4.78, 5) is 15.1. The van der Waals surface area contributed by atoms with Crippen LogP contribution in [0.25, 0.3) is 0 Å². The lowest BCUT2D eigenvalue weighted by Gasteiger charge is -2.28. The fourth-order valence-electron chi connectivity index (χ4n) is 3.65. The predicted molar refractivity (Wildman–Crippen MR) is 96.5 cm³/mol. The molecule has 2 heterocycles. The van der Waals surface area contributed by atoms with Crippen LogP contribution in [0.3, 0.4) is 0 Å². The smallest absolute Gasteiger partial charge is 0.254 e. The van der Waals surface area contributed by atoms with Crippen LogP contribution in [0.4, 0.5) is 0 Å². The topological polar surface area (TPSA) is 50.8 Å². The minimum atomic E-state index is 0. The number of carbonyl (C=O) groups is 1. The van der Waals surface area contributed by atoms with Crippen molar-refractivity contribution in [2.45, 2.75) is 45.2 Å². The third-order valence-corrected chi connectivity index (χ3v) is 4.68. The summed E-state index contributed by atoms with van der Waals surface area (Å²) < 4.78 is 11.2. The van der Waals surface area contributed by atoms with Gasteiger partial charge in [-0.25, -0.2) is 0 Å². The number of amides is 1. The van der Waals surface area contributed by atoms with Crippen molar-refractivity contribution in [3.63, 3.8) is 0 Å². The zero-order chi connectivity index (χ0) is 16.2. The molecule has 0 radical (unpaired) electrons. The molecule has 2 saturated heterocycles. The number of hydrogen-bond acceptors (Lipinski definition) is 4.